The minimum Gasteiger partial charge on any atom is -0.393 e. The van der Waals surface area contributed by atoms with E-state index in [0.29, 0.717) is 31.5 Å². The lowest BCUT2D eigenvalue weighted by Gasteiger charge is -2.30. The number of nitrogens with one attached hydrogen (secondary N) is 1. The summed E-state index contributed by atoms with van der Waals surface area (Å²) in [5, 5.41) is 13.0. The molecule has 1 aliphatic heterocycles. The SMILES string of the molecule is Cc1cccc(Nc2ccccc2C(=O)N2CCC(O)CC2)c1C. The Balaban J connectivity index is 1.85. The summed E-state index contributed by atoms with van der Waals surface area (Å²) in [6.45, 7) is 5.38. The van der Waals surface area contributed by atoms with Crippen LogP contribution in [-0.2, 0) is 0 Å². The van der Waals surface area contributed by atoms with Crippen LogP contribution in [0.15, 0.2) is 42.5 Å². The summed E-state index contributed by atoms with van der Waals surface area (Å²) >= 11 is 0. The van der Waals surface area contributed by atoms with E-state index in [2.05, 4.69) is 25.2 Å². The van der Waals surface area contributed by atoms with Crippen molar-refractivity contribution in [1.29, 1.82) is 0 Å². The van der Waals surface area contributed by atoms with Crippen molar-refractivity contribution in [3.05, 3.63) is 59.2 Å². The third-order valence-corrected chi connectivity index (χ3v) is 4.78. The Labute approximate surface area is 143 Å². The minimum absolute atomic E-state index is 0.0234. The second kappa shape index (κ2) is 7.05. The lowest BCUT2D eigenvalue weighted by molar-refractivity contribution is 0.0547. The molecule has 1 fully saturated rings. The van der Waals surface area contributed by atoms with Crippen LogP contribution in [0.3, 0.4) is 0 Å². The first-order valence-corrected chi connectivity index (χ1v) is 8.46. The Morgan fingerprint density at radius 1 is 1.04 bits per heavy atom. The van der Waals surface area contributed by atoms with Gasteiger partial charge in [0.15, 0.2) is 0 Å². The molecule has 0 atom stereocenters. The molecule has 0 radical (unpaired) electrons. The molecule has 126 valence electrons. The Kier molecular flexibility index (Phi) is 4.86. The molecule has 4 nitrogen and oxygen atoms in total. The topological polar surface area (TPSA) is 52.6 Å². The summed E-state index contributed by atoms with van der Waals surface area (Å²) in [4.78, 5) is 14.7. The highest BCUT2D eigenvalue weighted by Crippen LogP contribution is 2.26. The molecular weight excluding hydrogens is 300 g/mol. The van der Waals surface area contributed by atoms with E-state index in [1.54, 1.807) is 0 Å². The van der Waals surface area contributed by atoms with Crippen LogP contribution in [0.5, 0.6) is 0 Å². The summed E-state index contributed by atoms with van der Waals surface area (Å²) in [6, 6.07) is 13.7. The first-order valence-electron chi connectivity index (χ1n) is 8.46. The number of carbonyl (C=O) groups is 1. The maximum atomic E-state index is 12.9. The van der Waals surface area contributed by atoms with Crippen molar-refractivity contribution in [3.63, 3.8) is 0 Å². The van der Waals surface area contributed by atoms with Crippen LogP contribution >= 0.6 is 0 Å². The molecule has 1 saturated heterocycles. The summed E-state index contributed by atoms with van der Waals surface area (Å²) in [5.41, 5.74) is 4.91. The second-order valence-corrected chi connectivity index (χ2v) is 6.44. The number of piperidine rings is 1. The van der Waals surface area contributed by atoms with E-state index in [1.807, 2.05) is 41.3 Å². The third-order valence-electron chi connectivity index (χ3n) is 4.78. The van der Waals surface area contributed by atoms with E-state index in [4.69, 9.17) is 0 Å². The maximum Gasteiger partial charge on any atom is 0.255 e. The molecule has 1 aliphatic rings. The molecule has 0 bridgehead atoms. The number of likely N-dealkylation sites (tertiary alicyclic amines) is 1. The average Bonchev–Trinajstić information content (AvgIpc) is 2.59. The number of aliphatic hydroxyl groups is 1. The van der Waals surface area contributed by atoms with E-state index >= 15 is 0 Å². The summed E-state index contributed by atoms with van der Waals surface area (Å²) in [6.07, 6.45) is 1.02. The molecule has 4 heteroatoms. The van der Waals surface area contributed by atoms with Crippen molar-refractivity contribution >= 4 is 17.3 Å². The summed E-state index contributed by atoms with van der Waals surface area (Å²) < 4.78 is 0. The van der Waals surface area contributed by atoms with Crippen LogP contribution in [-0.4, -0.2) is 35.1 Å². The number of nitrogens with zero attached hydrogens (tertiary/aromatic N) is 1. The van der Waals surface area contributed by atoms with Crippen LogP contribution in [0, 0.1) is 13.8 Å². The fourth-order valence-electron chi connectivity index (χ4n) is 3.05. The number of carbonyl (C=O) groups excluding carboxylic acids is 1. The van der Waals surface area contributed by atoms with E-state index in [9.17, 15) is 9.90 Å². The van der Waals surface area contributed by atoms with Crippen LogP contribution in [0.2, 0.25) is 0 Å². The van der Waals surface area contributed by atoms with Crippen molar-refractivity contribution in [2.45, 2.75) is 32.8 Å². The number of aliphatic hydroxyl groups excluding tert-OH is 1. The monoisotopic (exact) mass is 324 g/mol. The number of aryl methyl sites for hydroxylation is 1. The summed E-state index contributed by atoms with van der Waals surface area (Å²) in [7, 11) is 0. The van der Waals surface area contributed by atoms with Gasteiger partial charge in [-0.05, 0) is 56.0 Å². The van der Waals surface area contributed by atoms with Gasteiger partial charge in [0.2, 0.25) is 0 Å². The molecule has 0 saturated carbocycles. The number of amides is 1. The van der Waals surface area contributed by atoms with Crippen LogP contribution in [0.4, 0.5) is 11.4 Å². The number of para-hydroxylation sites is 1. The molecule has 2 N–H and O–H groups in total. The zero-order valence-corrected chi connectivity index (χ0v) is 14.2. The van der Waals surface area contributed by atoms with Gasteiger partial charge in [-0.25, -0.2) is 0 Å². The third kappa shape index (κ3) is 3.44. The van der Waals surface area contributed by atoms with Gasteiger partial charge in [0.25, 0.3) is 5.91 Å². The van der Waals surface area contributed by atoms with Gasteiger partial charge < -0.3 is 15.3 Å². The first kappa shape index (κ1) is 16.5. The van der Waals surface area contributed by atoms with E-state index in [-0.39, 0.29) is 12.0 Å². The number of hydrogen-bond acceptors (Lipinski definition) is 3. The zero-order chi connectivity index (χ0) is 17.1. The lowest BCUT2D eigenvalue weighted by atomic mass is 10.0. The highest BCUT2D eigenvalue weighted by Gasteiger charge is 2.24. The normalized spacial score (nSPS) is 15.4. The van der Waals surface area contributed by atoms with Gasteiger partial charge in [-0.3, -0.25) is 4.79 Å². The minimum atomic E-state index is -0.280. The van der Waals surface area contributed by atoms with Gasteiger partial charge in [0.05, 0.1) is 17.4 Å². The predicted molar refractivity (Wildman–Crippen MR) is 96.8 cm³/mol. The van der Waals surface area contributed by atoms with Crippen molar-refractivity contribution in [2.75, 3.05) is 18.4 Å². The van der Waals surface area contributed by atoms with Crippen LogP contribution in [0.25, 0.3) is 0 Å². The van der Waals surface area contributed by atoms with Gasteiger partial charge in [0.1, 0.15) is 0 Å². The average molecular weight is 324 g/mol. The van der Waals surface area contributed by atoms with Gasteiger partial charge in [-0.1, -0.05) is 24.3 Å². The smallest absolute Gasteiger partial charge is 0.255 e. The van der Waals surface area contributed by atoms with Gasteiger partial charge >= 0.3 is 0 Å². The molecule has 3 rings (SSSR count). The quantitative estimate of drug-likeness (QED) is 0.906. The predicted octanol–water partition coefficient (Wildman–Crippen LogP) is 3.64. The van der Waals surface area contributed by atoms with Crippen molar-refractivity contribution < 1.29 is 9.90 Å². The van der Waals surface area contributed by atoms with E-state index in [1.165, 1.54) is 11.1 Å². The summed E-state index contributed by atoms with van der Waals surface area (Å²) in [5.74, 6) is 0.0234. The molecular formula is C20H24N2O2. The molecule has 0 aromatic heterocycles. The number of hydrogen-bond donors (Lipinski definition) is 2. The molecule has 2 aromatic rings. The fourth-order valence-corrected chi connectivity index (χ4v) is 3.05. The van der Waals surface area contributed by atoms with Crippen molar-refractivity contribution in [3.8, 4) is 0 Å². The standard InChI is InChI=1S/C20H24N2O2/c1-14-6-5-9-18(15(14)2)21-19-8-4-3-7-17(19)20(24)22-12-10-16(23)11-13-22/h3-9,16,21,23H,10-13H2,1-2H3. The maximum absolute atomic E-state index is 12.9. The second-order valence-electron chi connectivity index (χ2n) is 6.44. The van der Waals surface area contributed by atoms with Crippen LogP contribution in [0.1, 0.15) is 34.3 Å². The molecule has 0 unspecified atom stereocenters. The lowest BCUT2D eigenvalue weighted by Crippen LogP contribution is -2.40. The molecule has 0 spiro atoms. The van der Waals surface area contributed by atoms with Gasteiger partial charge in [-0.2, -0.15) is 0 Å². The highest BCUT2D eigenvalue weighted by molar-refractivity contribution is 6.00. The molecule has 0 aliphatic carbocycles. The zero-order valence-electron chi connectivity index (χ0n) is 14.2. The molecule has 1 heterocycles. The van der Waals surface area contributed by atoms with E-state index < -0.39 is 0 Å². The Bertz CT molecular complexity index is 734. The van der Waals surface area contributed by atoms with Crippen molar-refractivity contribution in [2.24, 2.45) is 0 Å². The van der Waals surface area contributed by atoms with Gasteiger partial charge in [0, 0.05) is 18.8 Å². The Morgan fingerprint density at radius 2 is 1.71 bits per heavy atom. The number of rotatable bonds is 3. The largest absolute Gasteiger partial charge is 0.393 e. The molecule has 2 aromatic carbocycles. The molecule has 24 heavy (non-hydrogen) atoms. The van der Waals surface area contributed by atoms with Crippen LogP contribution < -0.4 is 5.32 Å². The first-order chi connectivity index (χ1) is 11.6. The molecule has 1 amide bonds. The fraction of sp³-hybridized carbons (Fsp3) is 0.350. The van der Waals surface area contributed by atoms with Gasteiger partial charge in [-0.15, -0.1) is 0 Å². The number of benzene rings is 2. The van der Waals surface area contributed by atoms with Crippen molar-refractivity contribution in [1.82, 2.24) is 4.90 Å². The highest BCUT2D eigenvalue weighted by atomic mass is 16.3. The Morgan fingerprint density at radius 3 is 2.46 bits per heavy atom. The number of anilines is 2. The Hall–Kier alpha value is -2.33. The van der Waals surface area contributed by atoms with E-state index in [0.717, 1.165) is 11.4 Å².